The second-order valence-electron chi connectivity index (χ2n) is 6.84. The lowest BCUT2D eigenvalue weighted by atomic mass is 9.90. The van der Waals surface area contributed by atoms with Crippen molar-refractivity contribution in [1.29, 1.82) is 0 Å². The van der Waals surface area contributed by atoms with Crippen molar-refractivity contribution < 1.29 is 14.3 Å². The van der Waals surface area contributed by atoms with Crippen LogP contribution in [0.1, 0.15) is 38.8 Å². The number of para-hydroxylation sites is 1. The van der Waals surface area contributed by atoms with Gasteiger partial charge in [0.1, 0.15) is 17.9 Å². The topological polar surface area (TPSA) is 84.0 Å². The molecule has 1 aromatic carbocycles. The number of methoxy groups -OCH3 is 1. The van der Waals surface area contributed by atoms with Crippen LogP contribution >= 0.6 is 0 Å². The lowest BCUT2D eigenvalue weighted by Gasteiger charge is -2.38. The third-order valence-corrected chi connectivity index (χ3v) is 4.04. The normalized spacial score (nSPS) is 18.5. The summed E-state index contributed by atoms with van der Waals surface area (Å²) in [5.41, 5.74) is 0.822. The molecule has 0 saturated heterocycles. The first-order valence-electron chi connectivity index (χ1n) is 9.03. The molecule has 1 aliphatic rings. The lowest BCUT2D eigenvalue weighted by molar-refractivity contribution is -0.119. The third-order valence-electron chi connectivity index (χ3n) is 4.04. The van der Waals surface area contributed by atoms with Gasteiger partial charge >= 0.3 is 0 Å². The molecule has 0 aromatic heterocycles. The van der Waals surface area contributed by atoms with Crippen LogP contribution in [0.5, 0.6) is 5.75 Å². The molecule has 7 nitrogen and oxygen atoms in total. The van der Waals surface area contributed by atoms with Crippen LogP contribution < -0.4 is 20.7 Å². The van der Waals surface area contributed by atoms with Gasteiger partial charge in [0, 0.05) is 32.2 Å². The number of ether oxygens (including phenoxy) is 2. The predicted octanol–water partition coefficient (Wildman–Crippen LogP) is 1.61. The van der Waals surface area contributed by atoms with Gasteiger partial charge in [-0.1, -0.05) is 18.2 Å². The number of carbonyl (C=O) groups excluding carboxylic acids is 1. The maximum Gasteiger partial charge on any atom is 0.241 e. The number of aliphatic imine (C=N–C) groups is 1. The first-order valence-corrected chi connectivity index (χ1v) is 9.03. The van der Waals surface area contributed by atoms with Gasteiger partial charge in [-0.05, 0) is 26.8 Å². The minimum Gasteiger partial charge on any atom is -0.487 e. The molecule has 144 valence electrons. The predicted molar refractivity (Wildman–Crippen MR) is 103 cm³/mol. The van der Waals surface area contributed by atoms with Crippen molar-refractivity contribution in [2.45, 2.75) is 38.8 Å². The average molecular weight is 362 g/mol. The molecule has 0 spiro atoms. The standard InChI is InChI=1S/C19H30N4O3/c1-5-20-18(22-13-17(24)21-10-11-25-4)23-15-12-19(2,3)26-16-9-7-6-8-14(15)16/h6-9,15H,5,10-13H2,1-4H3,(H,21,24)(H2,20,22,23). The third kappa shape index (κ3) is 5.91. The highest BCUT2D eigenvalue weighted by Gasteiger charge is 2.33. The van der Waals surface area contributed by atoms with E-state index in [0.29, 0.717) is 25.7 Å². The molecule has 0 saturated carbocycles. The molecule has 26 heavy (non-hydrogen) atoms. The Kier molecular flexibility index (Phi) is 7.26. The fourth-order valence-corrected chi connectivity index (χ4v) is 2.92. The summed E-state index contributed by atoms with van der Waals surface area (Å²) in [6, 6.07) is 8.08. The summed E-state index contributed by atoms with van der Waals surface area (Å²) >= 11 is 0. The molecule has 1 unspecified atom stereocenters. The molecule has 1 amide bonds. The van der Waals surface area contributed by atoms with E-state index in [1.54, 1.807) is 7.11 Å². The second kappa shape index (κ2) is 9.43. The zero-order chi connectivity index (χ0) is 19.0. The smallest absolute Gasteiger partial charge is 0.241 e. The SMILES string of the molecule is CCNC(=NCC(=O)NCCOC)NC1CC(C)(C)Oc2ccccc21. The van der Waals surface area contributed by atoms with Crippen molar-refractivity contribution in [2.24, 2.45) is 4.99 Å². The summed E-state index contributed by atoms with van der Waals surface area (Å²) in [4.78, 5) is 16.3. The van der Waals surface area contributed by atoms with Crippen LogP contribution in [0.25, 0.3) is 0 Å². The first kappa shape index (κ1) is 20.0. The molecule has 2 rings (SSSR count). The van der Waals surface area contributed by atoms with Crippen LogP contribution in [0, 0.1) is 0 Å². The molecule has 1 aliphatic heterocycles. The average Bonchev–Trinajstić information content (AvgIpc) is 2.59. The van der Waals surface area contributed by atoms with Crippen LogP contribution in [0.2, 0.25) is 0 Å². The number of hydrogen-bond donors (Lipinski definition) is 3. The van der Waals surface area contributed by atoms with Gasteiger partial charge < -0.3 is 25.4 Å². The Hall–Kier alpha value is -2.28. The molecule has 1 heterocycles. The maximum atomic E-state index is 11.9. The quantitative estimate of drug-likeness (QED) is 0.390. The molecule has 1 atom stereocenters. The van der Waals surface area contributed by atoms with E-state index >= 15 is 0 Å². The fraction of sp³-hybridized carbons (Fsp3) is 0.579. The molecule has 0 bridgehead atoms. The van der Waals surface area contributed by atoms with Crippen molar-refractivity contribution in [1.82, 2.24) is 16.0 Å². The molecule has 3 N–H and O–H groups in total. The van der Waals surface area contributed by atoms with Crippen molar-refractivity contribution in [3.8, 4) is 5.75 Å². The number of nitrogens with zero attached hydrogens (tertiary/aromatic N) is 1. The van der Waals surface area contributed by atoms with Crippen LogP contribution in [0.15, 0.2) is 29.3 Å². The zero-order valence-corrected chi connectivity index (χ0v) is 16.1. The van der Waals surface area contributed by atoms with E-state index in [9.17, 15) is 4.79 Å². The highest BCUT2D eigenvalue weighted by Crippen LogP contribution is 2.39. The first-order chi connectivity index (χ1) is 12.4. The van der Waals surface area contributed by atoms with Gasteiger partial charge in [0.25, 0.3) is 0 Å². The van der Waals surface area contributed by atoms with Gasteiger partial charge in [0.2, 0.25) is 5.91 Å². The molecule has 0 radical (unpaired) electrons. The summed E-state index contributed by atoms with van der Waals surface area (Å²) in [5, 5.41) is 9.42. The van der Waals surface area contributed by atoms with E-state index in [1.807, 2.05) is 25.1 Å². The monoisotopic (exact) mass is 362 g/mol. The lowest BCUT2D eigenvalue weighted by Crippen LogP contribution is -2.45. The number of benzene rings is 1. The van der Waals surface area contributed by atoms with Crippen LogP contribution in [-0.4, -0.2) is 50.8 Å². The number of amides is 1. The summed E-state index contributed by atoms with van der Waals surface area (Å²) < 4.78 is 11.0. The molecular formula is C19H30N4O3. The van der Waals surface area contributed by atoms with Crippen molar-refractivity contribution in [3.63, 3.8) is 0 Å². The Morgan fingerprint density at radius 1 is 1.35 bits per heavy atom. The minimum absolute atomic E-state index is 0.0595. The van der Waals surface area contributed by atoms with E-state index in [4.69, 9.17) is 9.47 Å². The Labute approximate surface area is 155 Å². The molecular weight excluding hydrogens is 332 g/mol. The number of rotatable bonds is 7. The van der Waals surface area contributed by atoms with Crippen LogP contribution in [0.4, 0.5) is 0 Å². The summed E-state index contributed by atoms with van der Waals surface area (Å²) in [7, 11) is 1.60. The number of fused-ring (bicyclic) bond motifs is 1. The summed E-state index contributed by atoms with van der Waals surface area (Å²) in [5.74, 6) is 1.37. The molecule has 1 aromatic rings. The number of guanidine groups is 1. The highest BCUT2D eigenvalue weighted by molar-refractivity contribution is 5.85. The number of carbonyl (C=O) groups is 1. The van der Waals surface area contributed by atoms with E-state index in [2.05, 4.69) is 40.9 Å². The molecule has 7 heteroatoms. The van der Waals surface area contributed by atoms with E-state index in [1.165, 1.54) is 0 Å². The Bertz CT molecular complexity index is 631. The Balaban J connectivity index is 2.06. The Morgan fingerprint density at radius 3 is 2.85 bits per heavy atom. The fourth-order valence-electron chi connectivity index (χ4n) is 2.92. The van der Waals surface area contributed by atoms with Crippen molar-refractivity contribution in [2.75, 3.05) is 33.4 Å². The summed E-state index contributed by atoms with van der Waals surface area (Å²) in [6.45, 7) is 7.89. The van der Waals surface area contributed by atoms with Gasteiger partial charge in [-0.25, -0.2) is 4.99 Å². The number of hydrogen-bond acceptors (Lipinski definition) is 4. The number of nitrogens with one attached hydrogen (secondary N) is 3. The van der Waals surface area contributed by atoms with E-state index < -0.39 is 0 Å². The zero-order valence-electron chi connectivity index (χ0n) is 16.1. The van der Waals surface area contributed by atoms with Crippen molar-refractivity contribution in [3.05, 3.63) is 29.8 Å². The van der Waals surface area contributed by atoms with Gasteiger partial charge in [-0.3, -0.25) is 4.79 Å². The van der Waals surface area contributed by atoms with E-state index in [0.717, 1.165) is 17.7 Å². The largest absolute Gasteiger partial charge is 0.487 e. The Morgan fingerprint density at radius 2 is 2.12 bits per heavy atom. The molecule has 0 fully saturated rings. The second-order valence-corrected chi connectivity index (χ2v) is 6.84. The van der Waals surface area contributed by atoms with Crippen molar-refractivity contribution >= 4 is 11.9 Å². The summed E-state index contributed by atoms with van der Waals surface area (Å²) in [6.07, 6.45) is 0.800. The van der Waals surface area contributed by atoms with Crippen LogP contribution in [0.3, 0.4) is 0 Å². The van der Waals surface area contributed by atoms with E-state index in [-0.39, 0.29) is 24.1 Å². The van der Waals surface area contributed by atoms with Gasteiger partial charge in [0.05, 0.1) is 12.6 Å². The van der Waals surface area contributed by atoms with Crippen LogP contribution in [-0.2, 0) is 9.53 Å². The van der Waals surface area contributed by atoms with Gasteiger partial charge in [-0.2, -0.15) is 0 Å². The minimum atomic E-state index is -0.277. The molecule has 0 aliphatic carbocycles. The highest BCUT2D eigenvalue weighted by atomic mass is 16.5. The maximum absolute atomic E-state index is 11.9. The van der Waals surface area contributed by atoms with Gasteiger partial charge in [-0.15, -0.1) is 0 Å². The van der Waals surface area contributed by atoms with Gasteiger partial charge in [0.15, 0.2) is 5.96 Å².